The van der Waals surface area contributed by atoms with Gasteiger partial charge in [0.25, 0.3) is 10.0 Å². The quantitative estimate of drug-likeness (QED) is 0.871. The van der Waals surface area contributed by atoms with E-state index in [1.807, 2.05) is 6.07 Å². The molecule has 0 aliphatic carbocycles. The van der Waals surface area contributed by atoms with Crippen LogP contribution in [0.3, 0.4) is 0 Å². The van der Waals surface area contributed by atoms with Crippen LogP contribution in [0.2, 0.25) is 0 Å². The van der Waals surface area contributed by atoms with Crippen LogP contribution in [-0.2, 0) is 17.1 Å². The molecule has 0 amide bonds. The van der Waals surface area contributed by atoms with Crippen LogP contribution in [0.25, 0.3) is 0 Å². The molecular weight excluding hydrogens is 290 g/mol. The number of nitrogens with two attached hydrogens (primary N) is 1. The second-order valence-electron chi connectivity index (χ2n) is 4.62. The molecule has 0 aliphatic rings. The van der Waals surface area contributed by atoms with E-state index in [9.17, 15) is 8.42 Å². The molecule has 1 atom stereocenters. The van der Waals surface area contributed by atoms with E-state index in [-0.39, 0.29) is 10.8 Å². The van der Waals surface area contributed by atoms with Crippen molar-refractivity contribution in [2.75, 3.05) is 5.73 Å². The van der Waals surface area contributed by atoms with E-state index in [2.05, 4.69) is 9.71 Å². The van der Waals surface area contributed by atoms with Gasteiger partial charge in [-0.15, -0.1) is 0 Å². The Labute approximate surface area is 123 Å². The summed E-state index contributed by atoms with van der Waals surface area (Å²) in [6.45, 7) is 1.71. The second-order valence-corrected chi connectivity index (χ2v) is 6.25. The van der Waals surface area contributed by atoms with Crippen molar-refractivity contribution in [2.24, 2.45) is 7.05 Å². The summed E-state index contributed by atoms with van der Waals surface area (Å²) in [6.07, 6.45) is 1.34. The fourth-order valence-electron chi connectivity index (χ4n) is 1.97. The van der Waals surface area contributed by atoms with Crippen LogP contribution in [0.5, 0.6) is 0 Å². The zero-order chi connectivity index (χ0) is 15.6. The number of benzene rings is 1. The lowest BCUT2D eigenvalue weighted by atomic mass is 10.1. The van der Waals surface area contributed by atoms with Crippen LogP contribution < -0.4 is 10.5 Å². The number of nitriles is 1. The Hall–Kier alpha value is -2.37. The molecule has 110 valence electrons. The summed E-state index contributed by atoms with van der Waals surface area (Å²) in [5.41, 5.74) is 6.86. The molecule has 0 radical (unpaired) electrons. The second kappa shape index (κ2) is 5.55. The highest BCUT2D eigenvalue weighted by Crippen LogP contribution is 2.20. The maximum absolute atomic E-state index is 12.3. The lowest BCUT2D eigenvalue weighted by Gasteiger charge is -2.15. The highest BCUT2D eigenvalue weighted by Gasteiger charge is 2.24. The van der Waals surface area contributed by atoms with E-state index >= 15 is 0 Å². The van der Waals surface area contributed by atoms with Crippen molar-refractivity contribution >= 4 is 15.8 Å². The average Bonchev–Trinajstić information content (AvgIpc) is 2.78. The molecule has 21 heavy (non-hydrogen) atoms. The smallest absolute Gasteiger partial charge is 0.260 e. The molecule has 7 nitrogen and oxygen atoms in total. The number of nitrogen functional groups attached to an aromatic ring is 1. The normalized spacial score (nSPS) is 12.8. The molecule has 0 saturated carbocycles. The van der Waals surface area contributed by atoms with Crippen LogP contribution in [0, 0.1) is 11.3 Å². The Morgan fingerprint density at radius 3 is 2.48 bits per heavy atom. The first-order valence-corrected chi connectivity index (χ1v) is 7.62. The molecule has 0 bridgehead atoms. The van der Waals surface area contributed by atoms with Crippen LogP contribution in [0.4, 0.5) is 5.82 Å². The van der Waals surface area contributed by atoms with Crippen molar-refractivity contribution in [2.45, 2.75) is 18.0 Å². The molecular formula is C13H15N5O2S. The van der Waals surface area contributed by atoms with E-state index in [0.717, 1.165) is 5.56 Å². The number of imidazole rings is 1. The Balaban J connectivity index is 2.26. The summed E-state index contributed by atoms with van der Waals surface area (Å²) in [4.78, 5) is 3.77. The van der Waals surface area contributed by atoms with Gasteiger partial charge in [-0.1, -0.05) is 12.1 Å². The number of rotatable bonds is 4. The Morgan fingerprint density at radius 1 is 1.38 bits per heavy atom. The maximum Gasteiger partial charge on any atom is 0.260 e. The third kappa shape index (κ3) is 3.04. The first-order chi connectivity index (χ1) is 9.85. The molecule has 1 heterocycles. The van der Waals surface area contributed by atoms with Gasteiger partial charge in [-0.25, -0.2) is 18.1 Å². The predicted molar refractivity (Wildman–Crippen MR) is 77.5 cm³/mol. The van der Waals surface area contributed by atoms with Crippen molar-refractivity contribution in [1.82, 2.24) is 14.3 Å². The minimum atomic E-state index is -3.78. The highest BCUT2D eigenvalue weighted by molar-refractivity contribution is 7.89. The van der Waals surface area contributed by atoms with Crippen molar-refractivity contribution < 1.29 is 8.42 Å². The molecule has 3 N–H and O–H groups in total. The van der Waals surface area contributed by atoms with E-state index < -0.39 is 16.1 Å². The molecule has 1 aromatic heterocycles. The molecule has 1 unspecified atom stereocenters. The van der Waals surface area contributed by atoms with E-state index in [1.54, 1.807) is 38.2 Å². The molecule has 2 rings (SSSR count). The van der Waals surface area contributed by atoms with E-state index in [4.69, 9.17) is 11.0 Å². The number of nitrogens with zero attached hydrogens (tertiary/aromatic N) is 3. The summed E-state index contributed by atoms with van der Waals surface area (Å²) in [6, 6.07) is 8.24. The predicted octanol–water partition coefficient (Wildman–Crippen LogP) is 0.913. The Morgan fingerprint density at radius 2 is 2.00 bits per heavy atom. The molecule has 0 aliphatic heterocycles. The zero-order valence-electron chi connectivity index (χ0n) is 11.6. The van der Waals surface area contributed by atoms with Gasteiger partial charge in [0.2, 0.25) is 0 Å². The number of aromatic nitrogens is 2. The SMILES string of the molecule is CC(NS(=O)(=O)c1c(N)ncn1C)c1ccc(C#N)cc1. The number of anilines is 1. The number of hydrogen-bond donors (Lipinski definition) is 2. The Kier molecular flexibility index (Phi) is 3.97. The summed E-state index contributed by atoms with van der Waals surface area (Å²) >= 11 is 0. The van der Waals surface area contributed by atoms with Crippen molar-refractivity contribution in [3.8, 4) is 6.07 Å². The highest BCUT2D eigenvalue weighted by atomic mass is 32.2. The third-order valence-corrected chi connectivity index (χ3v) is 4.71. The van der Waals surface area contributed by atoms with E-state index in [0.29, 0.717) is 5.56 Å². The Bertz CT molecular complexity index is 767. The maximum atomic E-state index is 12.3. The van der Waals surface area contributed by atoms with Crippen molar-refractivity contribution in [1.29, 1.82) is 5.26 Å². The van der Waals surface area contributed by atoms with Gasteiger partial charge < -0.3 is 10.3 Å². The van der Waals surface area contributed by atoms with Gasteiger partial charge in [-0.3, -0.25) is 0 Å². The lowest BCUT2D eigenvalue weighted by Crippen LogP contribution is -2.29. The van der Waals surface area contributed by atoms with Gasteiger partial charge in [-0.2, -0.15) is 5.26 Å². The monoisotopic (exact) mass is 305 g/mol. The topological polar surface area (TPSA) is 114 Å². The fourth-order valence-corrected chi connectivity index (χ4v) is 3.43. The number of sulfonamides is 1. The van der Waals surface area contributed by atoms with Crippen LogP contribution >= 0.6 is 0 Å². The molecule has 1 aromatic carbocycles. The van der Waals surface area contributed by atoms with Crippen molar-refractivity contribution in [3.63, 3.8) is 0 Å². The number of nitrogens with one attached hydrogen (secondary N) is 1. The average molecular weight is 305 g/mol. The van der Waals surface area contributed by atoms with Gasteiger partial charge in [-0.05, 0) is 24.6 Å². The van der Waals surface area contributed by atoms with Gasteiger partial charge in [0.1, 0.15) is 0 Å². The largest absolute Gasteiger partial charge is 0.381 e. The third-order valence-electron chi connectivity index (χ3n) is 3.04. The van der Waals surface area contributed by atoms with Crippen molar-refractivity contribution in [3.05, 3.63) is 41.7 Å². The zero-order valence-corrected chi connectivity index (χ0v) is 12.4. The molecule has 0 saturated heterocycles. The molecule has 2 aromatic rings. The van der Waals surface area contributed by atoms with Crippen LogP contribution in [0.15, 0.2) is 35.6 Å². The van der Waals surface area contributed by atoms with Crippen LogP contribution in [0.1, 0.15) is 24.1 Å². The minimum Gasteiger partial charge on any atom is -0.381 e. The molecule has 8 heteroatoms. The van der Waals surface area contributed by atoms with Gasteiger partial charge in [0.05, 0.1) is 18.0 Å². The van der Waals surface area contributed by atoms with Gasteiger partial charge >= 0.3 is 0 Å². The van der Waals surface area contributed by atoms with E-state index in [1.165, 1.54) is 10.9 Å². The number of hydrogen-bond acceptors (Lipinski definition) is 5. The first kappa shape index (κ1) is 15.0. The summed E-state index contributed by atoms with van der Waals surface area (Å²) < 4.78 is 28.6. The van der Waals surface area contributed by atoms with Gasteiger partial charge in [0.15, 0.2) is 10.8 Å². The van der Waals surface area contributed by atoms with Gasteiger partial charge in [0, 0.05) is 13.1 Å². The lowest BCUT2D eigenvalue weighted by molar-refractivity contribution is 0.558. The van der Waals surface area contributed by atoms with Crippen LogP contribution in [-0.4, -0.2) is 18.0 Å². The summed E-state index contributed by atoms with van der Waals surface area (Å²) in [7, 11) is -2.22. The first-order valence-electron chi connectivity index (χ1n) is 6.14. The molecule has 0 spiro atoms. The standard InChI is InChI=1S/C13H15N5O2S/c1-9(11-5-3-10(7-14)4-6-11)17-21(19,20)13-12(15)16-8-18(13)2/h3-6,8-9,17H,15H2,1-2H3. The summed E-state index contributed by atoms with van der Waals surface area (Å²) in [5.74, 6) is -0.0444. The fraction of sp³-hybridized carbons (Fsp3) is 0.231. The minimum absolute atomic E-state index is 0.0444. The number of aryl methyl sites for hydroxylation is 1. The summed E-state index contributed by atoms with van der Waals surface area (Å²) in [5, 5.41) is 8.69. The molecule has 0 fully saturated rings.